The quantitative estimate of drug-likeness (QED) is 0.160. The molecule has 5 heteroatoms. The highest BCUT2D eigenvalue weighted by atomic mass is 15.2. The number of benzene rings is 8. The molecule has 3 heterocycles. The van der Waals surface area contributed by atoms with Gasteiger partial charge in [-0.25, -0.2) is 0 Å². The van der Waals surface area contributed by atoms with Crippen molar-refractivity contribution in [1.82, 2.24) is 4.57 Å². The second-order valence-corrected chi connectivity index (χ2v) is 26.5. The first-order valence-electron chi connectivity index (χ1n) is 26.9. The standard InChI is InChI=1S/C69H75BN4/c1-65(2,3)44-24-32-49(33-25-44)72(50-34-26-45(27-35-50)66(4,5)6)61-41-40-58(62-52-20-17-18-21-55(52)71(16)64(61)62)74-57-39-31-48(69(13,14)15)43-54(57)70-53-42-47(68(10,11)12)30-38-56(53)73(59-22-19-23-60(74)63(59)70)51-36-28-46(29-37-51)67(7,8)9/h17-43H,1-16H3. The minimum absolute atomic E-state index is 0.00191. The van der Waals surface area contributed by atoms with Crippen LogP contribution >= 0.6 is 0 Å². The van der Waals surface area contributed by atoms with Crippen LogP contribution in [0.4, 0.5) is 51.2 Å². The van der Waals surface area contributed by atoms with E-state index in [0.717, 1.165) is 17.1 Å². The largest absolute Gasteiger partial charge is 0.342 e. The molecule has 0 spiro atoms. The highest BCUT2D eigenvalue weighted by Gasteiger charge is 2.45. The summed E-state index contributed by atoms with van der Waals surface area (Å²) in [6, 6.07) is 63.4. The van der Waals surface area contributed by atoms with Gasteiger partial charge in [-0.1, -0.05) is 189 Å². The zero-order valence-corrected chi connectivity index (χ0v) is 47.0. The lowest BCUT2D eigenvalue weighted by Crippen LogP contribution is -2.61. The van der Waals surface area contributed by atoms with Crippen LogP contribution in [0.2, 0.25) is 0 Å². The number of aromatic nitrogens is 1. The first kappa shape index (κ1) is 49.2. The highest BCUT2D eigenvalue weighted by Crippen LogP contribution is 2.51. The maximum atomic E-state index is 2.62. The van der Waals surface area contributed by atoms with E-state index in [2.05, 4.69) is 294 Å². The smallest absolute Gasteiger partial charge is 0.252 e. The molecule has 374 valence electrons. The molecule has 0 atom stereocenters. The van der Waals surface area contributed by atoms with Crippen molar-refractivity contribution in [2.24, 2.45) is 7.05 Å². The van der Waals surface area contributed by atoms with Crippen molar-refractivity contribution < 1.29 is 0 Å². The van der Waals surface area contributed by atoms with Crippen LogP contribution in [0.3, 0.4) is 0 Å². The second kappa shape index (κ2) is 17.0. The number of aryl methyl sites for hydroxylation is 1. The number of nitrogens with zero attached hydrogens (tertiary/aromatic N) is 4. The predicted octanol–water partition coefficient (Wildman–Crippen LogP) is 17.4. The Bertz CT molecular complexity index is 3580. The molecule has 74 heavy (non-hydrogen) atoms. The molecule has 2 aliphatic rings. The fraction of sp³-hybridized carbons (Fsp3) is 0.304. The highest BCUT2D eigenvalue weighted by molar-refractivity contribution is 7.00. The molecule has 0 bridgehead atoms. The predicted molar refractivity (Wildman–Crippen MR) is 323 cm³/mol. The number of anilines is 9. The Labute approximate surface area is 442 Å². The molecule has 0 aliphatic carbocycles. The van der Waals surface area contributed by atoms with Crippen molar-refractivity contribution in [3.63, 3.8) is 0 Å². The van der Waals surface area contributed by atoms with E-state index >= 15 is 0 Å². The zero-order valence-electron chi connectivity index (χ0n) is 47.0. The van der Waals surface area contributed by atoms with Gasteiger partial charge in [0.25, 0.3) is 6.71 Å². The third-order valence-corrected chi connectivity index (χ3v) is 16.2. The summed E-state index contributed by atoms with van der Waals surface area (Å²) in [5, 5.41) is 2.46. The summed E-state index contributed by atoms with van der Waals surface area (Å²) >= 11 is 0. The third kappa shape index (κ3) is 8.13. The van der Waals surface area contributed by atoms with Gasteiger partial charge >= 0.3 is 0 Å². The Morgan fingerprint density at radius 2 is 0.797 bits per heavy atom. The van der Waals surface area contributed by atoms with Crippen LogP contribution in [0.5, 0.6) is 0 Å². The fourth-order valence-electron chi connectivity index (χ4n) is 11.8. The lowest BCUT2D eigenvalue weighted by Gasteiger charge is -2.45. The Morgan fingerprint density at radius 3 is 1.28 bits per heavy atom. The van der Waals surface area contributed by atoms with Gasteiger partial charge in [-0.3, -0.25) is 0 Å². The summed E-state index contributed by atoms with van der Waals surface area (Å²) in [7, 11) is 2.26. The van der Waals surface area contributed by atoms with Gasteiger partial charge in [0, 0.05) is 63.1 Å². The van der Waals surface area contributed by atoms with E-state index in [4.69, 9.17) is 0 Å². The molecule has 0 saturated heterocycles. The second-order valence-electron chi connectivity index (χ2n) is 26.5. The monoisotopic (exact) mass is 971 g/mol. The van der Waals surface area contributed by atoms with Crippen LogP contribution < -0.4 is 31.1 Å². The average molecular weight is 971 g/mol. The van der Waals surface area contributed by atoms with E-state index in [-0.39, 0.29) is 33.8 Å². The summed E-state index contributed by atoms with van der Waals surface area (Å²) in [6.07, 6.45) is 0. The van der Waals surface area contributed by atoms with E-state index in [0.29, 0.717) is 0 Å². The maximum Gasteiger partial charge on any atom is 0.252 e. The molecule has 8 aromatic carbocycles. The van der Waals surface area contributed by atoms with E-state index in [9.17, 15) is 0 Å². The molecule has 2 aliphatic heterocycles. The van der Waals surface area contributed by atoms with Crippen LogP contribution in [0.1, 0.15) is 132 Å². The number of hydrogen-bond acceptors (Lipinski definition) is 3. The van der Waals surface area contributed by atoms with Crippen molar-refractivity contribution in [3.8, 4) is 0 Å². The van der Waals surface area contributed by atoms with Crippen molar-refractivity contribution >= 4 is 96.1 Å². The number of hydrogen-bond donors (Lipinski definition) is 0. The molecular weight excluding hydrogens is 896 g/mol. The van der Waals surface area contributed by atoms with Crippen molar-refractivity contribution in [2.75, 3.05) is 14.7 Å². The Morgan fingerprint density at radius 1 is 0.378 bits per heavy atom. The molecule has 1 aromatic heterocycles. The van der Waals surface area contributed by atoms with Crippen LogP contribution in [-0.4, -0.2) is 11.3 Å². The molecule has 0 radical (unpaired) electrons. The molecule has 4 nitrogen and oxygen atoms in total. The van der Waals surface area contributed by atoms with Crippen LogP contribution in [-0.2, 0) is 34.1 Å². The maximum absolute atomic E-state index is 2.62. The van der Waals surface area contributed by atoms with Gasteiger partial charge in [-0.05, 0) is 150 Å². The van der Waals surface area contributed by atoms with Crippen LogP contribution in [0, 0.1) is 0 Å². The molecule has 0 unspecified atom stereocenters. The van der Waals surface area contributed by atoms with Crippen LogP contribution in [0.15, 0.2) is 164 Å². The lowest BCUT2D eigenvalue weighted by atomic mass is 9.33. The Balaban J connectivity index is 1.21. The molecule has 11 rings (SSSR count). The van der Waals surface area contributed by atoms with Gasteiger partial charge in [0.15, 0.2) is 0 Å². The van der Waals surface area contributed by atoms with E-state index in [1.165, 1.54) is 100 Å². The lowest BCUT2D eigenvalue weighted by molar-refractivity contribution is 0.590. The Hall–Kier alpha value is -6.98. The summed E-state index contributed by atoms with van der Waals surface area (Å²) in [4.78, 5) is 7.65. The fourth-order valence-corrected chi connectivity index (χ4v) is 11.8. The molecule has 0 saturated carbocycles. The van der Waals surface area contributed by atoms with Gasteiger partial charge in [-0.2, -0.15) is 0 Å². The molecule has 0 fully saturated rings. The summed E-state index contributed by atoms with van der Waals surface area (Å²) in [6.45, 7) is 34.7. The first-order chi connectivity index (χ1) is 34.8. The van der Waals surface area contributed by atoms with Gasteiger partial charge in [-0.15, -0.1) is 0 Å². The molecule has 0 amide bonds. The SMILES string of the molecule is Cn1c2ccccc2c2c(N3c4ccc(C(C)(C)C)cc4B4c5cc(C(C)(C)C)ccc5N(c5ccc(C(C)(C)C)cc5)c5cccc3c54)ccc(N(c3ccc(C(C)(C)C)cc3)c3ccc(C(C)(C)C)cc3)c21. The summed E-state index contributed by atoms with van der Waals surface area (Å²) < 4.78 is 2.44. The van der Waals surface area contributed by atoms with Gasteiger partial charge in [0.2, 0.25) is 0 Å². The van der Waals surface area contributed by atoms with E-state index in [1.807, 2.05) is 0 Å². The summed E-state index contributed by atoms with van der Waals surface area (Å²) in [5.74, 6) is 0. The molecular formula is C69H75BN4. The van der Waals surface area contributed by atoms with Gasteiger partial charge < -0.3 is 19.3 Å². The zero-order chi connectivity index (χ0) is 52.6. The van der Waals surface area contributed by atoms with Crippen molar-refractivity contribution in [2.45, 2.75) is 131 Å². The Kier molecular flexibility index (Phi) is 11.3. The average Bonchev–Trinajstić information content (AvgIpc) is 3.65. The van der Waals surface area contributed by atoms with E-state index < -0.39 is 0 Å². The van der Waals surface area contributed by atoms with Gasteiger partial charge in [0.1, 0.15) is 0 Å². The summed E-state index contributed by atoms with van der Waals surface area (Å²) in [5.41, 5.74) is 23.7. The minimum atomic E-state index is -0.0601. The minimum Gasteiger partial charge on any atom is -0.342 e. The van der Waals surface area contributed by atoms with E-state index in [1.54, 1.807) is 0 Å². The first-order valence-corrected chi connectivity index (χ1v) is 26.9. The van der Waals surface area contributed by atoms with Crippen molar-refractivity contribution in [1.29, 1.82) is 0 Å². The van der Waals surface area contributed by atoms with Gasteiger partial charge in [0.05, 0.1) is 16.9 Å². The third-order valence-electron chi connectivity index (χ3n) is 16.2. The van der Waals surface area contributed by atoms with Crippen LogP contribution in [0.25, 0.3) is 21.8 Å². The number of fused-ring (bicyclic) bond motifs is 7. The number of para-hydroxylation sites is 1. The van der Waals surface area contributed by atoms with Crippen molar-refractivity contribution in [3.05, 3.63) is 192 Å². The topological polar surface area (TPSA) is 14.7 Å². The molecule has 9 aromatic rings. The normalized spacial score (nSPS) is 13.9. The number of rotatable bonds is 5. The molecule has 0 N–H and O–H groups in total.